The Balaban J connectivity index is 2.99. The van der Waals surface area contributed by atoms with Crippen LogP contribution >= 0.6 is 50.3 Å². The molecule has 0 radical (unpaired) electrons. The highest BCUT2D eigenvalue weighted by atomic mass is 127. The largest absolute Gasteiger partial charge is 0.293 e. The molecule has 1 rings (SSSR count). The number of hydrogen-bond donors (Lipinski definition) is 0. The summed E-state index contributed by atoms with van der Waals surface area (Å²) in [4.78, 5) is 11.6. The average Bonchev–Trinajstić information content (AvgIpc) is 2.09. The van der Waals surface area contributed by atoms with Crippen molar-refractivity contribution in [2.75, 3.05) is 12.0 Å². The first kappa shape index (κ1) is 11.5. The van der Waals surface area contributed by atoms with Crippen molar-refractivity contribution in [3.05, 3.63) is 31.8 Å². The third-order valence-corrected chi connectivity index (χ3v) is 3.49. The van der Waals surface area contributed by atoms with Gasteiger partial charge < -0.3 is 0 Å². The maximum absolute atomic E-state index is 11.6. The molecule has 0 fully saturated rings. The second kappa shape index (κ2) is 5.36. The first-order chi connectivity index (χ1) is 6.15. The van der Waals surface area contributed by atoms with E-state index in [-0.39, 0.29) is 5.78 Å². The molecule has 0 heterocycles. The molecule has 1 aromatic carbocycles. The minimum atomic E-state index is 0.193. The lowest BCUT2D eigenvalue weighted by Crippen LogP contribution is -2.04. The fraction of sp³-hybridized carbons (Fsp3) is 0.222. The van der Waals surface area contributed by atoms with E-state index in [2.05, 4.69) is 38.5 Å². The molecule has 0 atom stereocenters. The molecule has 0 bridgehead atoms. The van der Waals surface area contributed by atoms with Crippen molar-refractivity contribution in [2.24, 2.45) is 0 Å². The standard InChI is InChI=1S/C9H8BrIOS/c1-13-5-9(12)7-4-6(10)2-3-8(7)11/h2-4H,5H2,1H3. The zero-order valence-corrected chi connectivity index (χ0v) is 11.6. The number of rotatable bonds is 3. The van der Waals surface area contributed by atoms with Gasteiger partial charge in [-0.2, -0.15) is 11.8 Å². The summed E-state index contributed by atoms with van der Waals surface area (Å²) in [6, 6.07) is 5.76. The van der Waals surface area contributed by atoms with Gasteiger partial charge in [0.05, 0.1) is 5.75 Å². The molecule has 0 unspecified atom stereocenters. The smallest absolute Gasteiger partial charge is 0.173 e. The first-order valence-electron chi connectivity index (χ1n) is 3.62. The van der Waals surface area contributed by atoms with Crippen LogP contribution in [0.5, 0.6) is 0 Å². The number of thioether (sulfide) groups is 1. The second-order valence-corrected chi connectivity index (χ2v) is 5.42. The molecule has 0 aromatic heterocycles. The molecular formula is C9H8BrIOS. The summed E-state index contributed by atoms with van der Waals surface area (Å²) in [6.07, 6.45) is 1.93. The quantitative estimate of drug-likeness (QED) is 0.597. The Morgan fingerprint density at radius 3 is 2.92 bits per heavy atom. The normalized spacial score (nSPS) is 10.1. The topological polar surface area (TPSA) is 17.1 Å². The number of ketones is 1. The van der Waals surface area contributed by atoms with E-state index >= 15 is 0 Å². The molecule has 0 aliphatic heterocycles. The summed E-state index contributed by atoms with van der Waals surface area (Å²) in [6.45, 7) is 0. The zero-order valence-electron chi connectivity index (χ0n) is 7.01. The second-order valence-electron chi connectivity index (χ2n) is 2.48. The lowest BCUT2D eigenvalue weighted by atomic mass is 10.1. The molecule has 1 nitrogen and oxygen atoms in total. The third kappa shape index (κ3) is 3.25. The molecule has 13 heavy (non-hydrogen) atoms. The Labute approximate surface area is 104 Å². The number of halogens is 2. The van der Waals surface area contributed by atoms with Crippen LogP contribution in [0.4, 0.5) is 0 Å². The Kier molecular flexibility index (Phi) is 4.75. The number of Topliss-reactive ketones (excluding diaryl/α,β-unsaturated/α-hetero) is 1. The Morgan fingerprint density at radius 1 is 1.62 bits per heavy atom. The van der Waals surface area contributed by atoms with E-state index in [1.165, 1.54) is 0 Å². The van der Waals surface area contributed by atoms with Gasteiger partial charge in [0.2, 0.25) is 0 Å². The highest BCUT2D eigenvalue weighted by Gasteiger charge is 2.09. The lowest BCUT2D eigenvalue weighted by Gasteiger charge is -2.02. The average molecular weight is 371 g/mol. The summed E-state index contributed by atoms with van der Waals surface area (Å²) >= 11 is 7.09. The molecule has 70 valence electrons. The van der Waals surface area contributed by atoms with Crippen LogP contribution in [-0.4, -0.2) is 17.8 Å². The van der Waals surface area contributed by atoms with E-state index < -0.39 is 0 Å². The van der Waals surface area contributed by atoms with Crippen LogP contribution in [0.2, 0.25) is 0 Å². The number of carbonyl (C=O) groups is 1. The molecule has 0 amide bonds. The SMILES string of the molecule is CSCC(=O)c1cc(Br)ccc1I. The van der Waals surface area contributed by atoms with Crippen LogP contribution < -0.4 is 0 Å². The summed E-state index contributed by atoms with van der Waals surface area (Å²) in [7, 11) is 0. The van der Waals surface area contributed by atoms with Crippen LogP contribution in [0.3, 0.4) is 0 Å². The molecule has 0 saturated carbocycles. The minimum absolute atomic E-state index is 0.193. The molecular weight excluding hydrogens is 363 g/mol. The summed E-state index contributed by atoms with van der Waals surface area (Å²) < 4.78 is 1.97. The van der Waals surface area contributed by atoms with Crippen molar-refractivity contribution in [3.8, 4) is 0 Å². The number of hydrogen-bond acceptors (Lipinski definition) is 2. The lowest BCUT2D eigenvalue weighted by molar-refractivity contribution is 0.102. The summed E-state index contributed by atoms with van der Waals surface area (Å²) in [5.74, 6) is 0.741. The van der Waals surface area contributed by atoms with E-state index in [1.807, 2.05) is 24.5 Å². The van der Waals surface area contributed by atoms with Crippen molar-refractivity contribution in [1.82, 2.24) is 0 Å². The summed E-state index contributed by atoms with van der Waals surface area (Å²) in [5.41, 5.74) is 0.810. The summed E-state index contributed by atoms with van der Waals surface area (Å²) in [5, 5.41) is 0. The van der Waals surface area contributed by atoms with E-state index in [4.69, 9.17) is 0 Å². The fourth-order valence-electron chi connectivity index (χ4n) is 0.920. The van der Waals surface area contributed by atoms with Crippen LogP contribution in [0.1, 0.15) is 10.4 Å². The van der Waals surface area contributed by atoms with Crippen molar-refractivity contribution in [2.45, 2.75) is 0 Å². The molecule has 1 aromatic rings. The molecule has 0 N–H and O–H groups in total. The van der Waals surface area contributed by atoms with Gasteiger partial charge in [-0.15, -0.1) is 0 Å². The Morgan fingerprint density at radius 2 is 2.31 bits per heavy atom. The third-order valence-electron chi connectivity index (χ3n) is 1.50. The van der Waals surface area contributed by atoms with Crippen molar-refractivity contribution in [3.63, 3.8) is 0 Å². The van der Waals surface area contributed by atoms with Crippen molar-refractivity contribution < 1.29 is 4.79 Å². The highest BCUT2D eigenvalue weighted by molar-refractivity contribution is 14.1. The predicted octanol–water partition coefficient (Wildman–Crippen LogP) is 3.60. The van der Waals surface area contributed by atoms with E-state index in [1.54, 1.807) is 11.8 Å². The van der Waals surface area contributed by atoms with Gasteiger partial charge in [-0.3, -0.25) is 4.79 Å². The van der Waals surface area contributed by atoms with Crippen molar-refractivity contribution >= 4 is 56.1 Å². The first-order valence-corrected chi connectivity index (χ1v) is 6.89. The van der Waals surface area contributed by atoms with Gasteiger partial charge >= 0.3 is 0 Å². The maximum atomic E-state index is 11.6. The van der Waals surface area contributed by atoms with Crippen LogP contribution in [0.15, 0.2) is 22.7 Å². The predicted molar refractivity (Wildman–Crippen MR) is 69.6 cm³/mol. The van der Waals surface area contributed by atoms with Crippen LogP contribution in [0.25, 0.3) is 0 Å². The van der Waals surface area contributed by atoms with E-state index in [9.17, 15) is 4.79 Å². The van der Waals surface area contributed by atoms with Gasteiger partial charge in [-0.25, -0.2) is 0 Å². The van der Waals surface area contributed by atoms with Crippen LogP contribution in [-0.2, 0) is 0 Å². The monoisotopic (exact) mass is 370 g/mol. The van der Waals surface area contributed by atoms with Gasteiger partial charge in [-0.05, 0) is 47.0 Å². The van der Waals surface area contributed by atoms with Gasteiger partial charge in [0.15, 0.2) is 5.78 Å². The highest BCUT2D eigenvalue weighted by Crippen LogP contribution is 2.19. The Bertz CT molecular complexity index is 327. The fourth-order valence-corrected chi connectivity index (χ4v) is 2.34. The molecule has 0 saturated heterocycles. The minimum Gasteiger partial charge on any atom is -0.293 e. The van der Waals surface area contributed by atoms with Gasteiger partial charge in [-0.1, -0.05) is 15.9 Å². The molecule has 0 aliphatic carbocycles. The number of benzene rings is 1. The van der Waals surface area contributed by atoms with Crippen LogP contribution in [0, 0.1) is 3.57 Å². The maximum Gasteiger partial charge on any atom is 0.173 e. The molecule has 0 aliphatic rings. The van der Waals surface area contributed by atoms with E-state index in [0.29, 0.717) is 5.75 Å². The Hall–Kier alpha value is 0.450. The zero-order chi connectivity index (χ0) is 9.84. The van der Waals surface area contributed by atoms with Gasteiger partial charge in [0.25, 0.3) is 0 Å². The van der Waals surface area contributed by atoms with Gasteiger partial charge in [0, 0.05) is 13.6 Å². The number of carbonyl (C=O) groups excluding carboxylic acids is 1. The van der Waals surface area contributed by atoms with E-state index in [0.717, 1.165) is 13.6 Å². The van der Waals surface area contributed by atoms with Gasteiger partial charge in [0.1, 0.15) is 0 Å². The molecule has 4 heteroatoms. The molecule has 0 spiro atoms. The van der Waals surface area contributed by atoms with Crippen molar-refractivity contribution in [1.29, 1.82) is 0 Å².